The van der Waals surface area contributed by atoms with Crippen LogP contribution in [0.25, 0.3) is 22.2 Å². The summed E-state index contributed by atoms with van der Waals surface area (Å²) in [5.41, 5.74) is 4.48. The van der Waals surface area contributed by atoms with Crippen molar-refractivity contribution in [3.05, 3.63) is 59.2 Å². The molecule has 1 aliphatic rings. The van der Waals surface area contributed by atoms with Gasteiger partial charge in [0.2, 0.25) is 0 Å². The molecule has 1 aromatic heterocycles. The standard InChI is InChI=1S/C17H12F3N/c18-17(19,20)11-6-8-15-14(9-11)13-7-5-10-3-1-2-4-12(10)16(13)21-15/h1-4,6,8-9,21H,5,7H2. The Balaban J connectivity index is 1.98. The summed E-state index contributed by atoms with van der Waals surface area (Å²) in [5, 5.41) is 0.689. The zero-order valence-corrected chi connectivity index (χ0v) is 11.1. The van der Waals surface area contributed by atoms with Gasteiger partial charge in [-0.15, -0.1) is 0 Å². The molecule has 0 radical (unpaired) electrons. The monoisotopic (exact) mass is 287 g/mol. The lowest BCUT2D eigenvalue weighted by Gasteiger charge is -2.16. The second-order valence-corrected chi connectivity index (χ2v) is 5.39. The topological polar surface area (TPSA) is 15.8 Å². The van der Waals surface area contributed by atoms with E-state index >= 15 is 0 Å². The second kappa shape index (κ2) is 4.13. The Hall–Kier alpha value is -2.23. The molecule has 3 aromatic rings. The maximum atomic E-state index is 12.9. The van der Waals surface area contributed by atoms with E-state index in [1.165, 1.54) is 17.7 Å². The van der Waals surface area contributed by atoms with Gasteiger partial charge in [0.15, 0.2) is 0 Å². The fraction of sp³-hybridized carbons (Fsp3) is 0.176. The number of H-pyrrole nitrogens is 1. The maximum Gasteiger partial charge on any atom is 0.416 e. The van der Waals surface area contributed by atoms with Gasteiger partial charge < -0.3 is 4.98 Å². The molecule has 0 saturated heterocycles. The molecule has 0 unspecified atom stereocenters. The van der Waals surface area contributed by atoms with Crippen LogP contribution in [0.5, 0.6) is 0 Å². The first-order valence-corrected chi connectivity index (χ1v) is 6.84. The Morgan fingerprint density at radius 2 is 1.76 bits per heavy atom. The van der Waals surface area contributed by atoms with E-state index in [2.05, 4.69) is 11.1 Å². The zero-order chi connectivity index (χ0) is 14.6. The van der Waals surface area contributed by atoms with Gasteiger partial charge in [-0.3, -0.25) is 0 Å². The summed E-state index contributed by atoms with van der Waals surface area (Å²) in [5.74, 6) is 0. The molecule has 4 rings (SSSR count). The Bertz CT molecular complexity index is 843. The summed E-state index contributed by atoms with van der Waals surface area (Å²) in [7, 11) is 0. The number of benzene rings is 2. The van der Waals surface area contributed by atoms with Gasteiger partial charge in [0.1, 0.15) is 0 Å². The number of fused-ring (bicyclic) bond motifs is 5. The number of alkyl halides is 3. The van der Waals surface area contributed by atoms with E-state index < -0.39 is 11.7 Å². The smallest absolute Gasteiger partial charge is 0.354 e. The number of halogens is 3. The Labute approximate surface area is 119 Å². The van der Waals surface area contributed by atoms with Crippen LogP contribution in [-0.4, -0.2) is 4.98 Å². The lowest BCUT2D eigenvalue weighted by Crippen LogP contribution is -2.05. The average molecular weight is 287 g/mol. The van der Waals surface area contributed by atoms with Crippen molar-refractivity contribution < 1.29 is 13.2 Å². The number of rotatable bonds is 0. The van der Waals surface area contributed by atoms with Gasteiger partial charge in [-0.2, -0.15) is 13.2 Å². The second-order valence-electron chi connectivity index (χ2n) is 5.39. The van der Waals surface area contributed by atoms with E-state index in [0.717, 1.165) is 41.2 Å². The van der Waals surface area contributed by atoms with E-state index in [1.807, 2.05) is 18.2 Å². The third-order valence-corrected chi connectivity index (χ3v) is 4.16. The molecule has 2 aromatic carbocycles. The van der Waals surface area contributed by atoms with E-state index in [4.69, 9.17) is 0 Å². The minimum atomic E-state index is -4.30. The van der Waals surface area contributed by atoms with Crippen LogP contribution >= 0.6 is 0 Å². The van der Waals surface area contributed by atoms with Crippen LogP contribution in [0, 0.1) is 0 Å². The first kappa shape index (κ1) is 12.5. The van der Waals surface area contributed by atoms with E-state index in [9.17, 15) is 13.2 Å². The van der Waals surface area contributed by atoms with Crippen molar-refractivity contribution in [3.8, 4) is 11.3 Å². The van der Waals surface area contributed by atoms with Crippen LogP contribution in [0.2, 0.25) is 0 Å². The third kappa shape index (κ3) is 1.86. The molecule has 1 heterocycles. The summed E-state index contributed by atoms with van der Waals surface area (Å²) in [4.78, 5) is 3.28. The largest absolute Gasteiger partial charge is 0.416 e. The molecule has 106 valence electrons. The molecule has 1 aliphatic carbocycles. The Morgan fingerprint density at radius 1 is 0.952 bits per heavy atom. The van der Waals surface area contributed by atoms with Crippen molar-refractivity contribution in [2.24, 2.45) is 0 Å². The highest BCUT2D eigenvalue weighted by molar-refractivity contribution is 5.92. The lowest BCUT2D eigenvalue weighted by atomic mass is 9.89. The molecule has 0 bridgehead atoms. The highest BCUT2D eigenvalue weighted by Gasteiger charge is 2.31. The van der Waals surface area contributed by atoms with Gasteiger partial charge in [0.05, 0.1) is 5.56 Å². The van der Waals surface area contributed by atoms with E-state index in [-0.39, 0.29) is 0 Å². The Kier molecular flexibility index (Phi) is 2.46. The predicted molar refractivity (Wildman–Crippen MR) is 76.1 cm³/mol. The molecule has 21 heavy (non-hydrogen) atoms. The Morgan fingerprint density at radius 3 is 2.57 bits per heavy atom. The van der Waals surface area contributed by atoms with Crippen LogP contribution in [0.1, 0.15) is 16.7 Å². The molecule has 0 fully saturated rings. The molecule has 0 amide bonds. The minimum absolute atomic E-state index is 0.587. The van der Waals surface area contributed by atoms with Gasteiger partial charge in [0.25, 0.3) is 0 Å². The molecule has 1 N–H and O–H groups in total. The molecular weight excluding hydrogens is 275 g/mol. The predicted octanol–water partition coefficient (Wildman–Crippen LogP) is 4.95. The maximum absolute atomic E-state index is 12.9. The highest BCUT2D eigenvalue weighted by Crippen LogP contribution is 2.39. The number of aromatic nitrogens is 1. The van der Waals surface area contributed by atoms with Crippen LogP contribution in [-0.2, 0) is 19.0 Å². The zero-order valence-electron chi connectivity index (χ0n) is 11.1. The summed E-state index contributed by atoms with van der Waals surface area (Å²) in [6.07, 6.45) is -2.66. The van der Waals surface area contributed by atoms with Crippen molar-refractivity contribution >= 4 is 10.9 Å². The molecule has 0 saturated carbocycles. The summed E-state index contributed by atoms with van der Waals surface area (Å²) >= 11 is 0. The minimum Gasteiger partial charge on any atom is -0.354 e. The van der Waals surface area contributed by atoms with E-state index in [1.54, 1.807) is 0 Å². The molecule has 0 aliphatic heterocycles. The van der Waals surface area contributed by atoms with Crippen LogP contribution in [0.15, 0.2) is 42.5 Å². The third-order valence-electron chi connectivity index (χ3n) is 4.16. The first-order valence-electron chi connectivity index (χ1n) is 6.84. The highest BCUT2D eigenvalue weighted by atomic mass is 19.4. The van der Waals surface area contributed by atoms with Crippen LogP contribution < -0.4 is 0 Å². The van der Waals surface area contributed by atoms with Crippen molar-refractivity contribution in [1.29, 1.82) is 0 Å². The first-order chi connectivity index (χ1) is 10.0. The molecule has 0 spiro atoms. The van der Waals surface area contributed by atoms with Crippen LogP contribution in [0.3, 0.4) is 0 Å². The van der Waals surface area contributed by atoms with Gasteiger partial charge in [0, 0.05) is 22.2 Å². The molecular formula is C17H12F3N. The molecule has 1 nitrogen and oxygen atoms in total. The summed E-state index contributed by atoms with van der Waals surface area (Å²) < 4.78 is 38.6. The number of aromatic amines is 1. The van der Waals surface area contributed by atoms with Crippen molar-refractivity contribution in [3.63, 3.8) is 0 Å². The van der Waals surface area contributed by atoms with Gasteiger partial charge in [-0.1, -0.05) is 24.3 Å². The van der Waals surface area contributed by atoms with Crippen LogP contribution in [0.4, 0.5) is 13.2 Å². The average Bonchev–Trinajstić information content (AvgIpc) is 2.84. The normalized spacial score (nSPS) is 14.0. The fourth-order valence-corrected chi connectivity index (χ4v) is 3.16. The number of nitrogens with one attached hydrogen (secondary N) is 1. The van der Waals surface area contributed by atoms with Crippen molar-refractivity contribution in [2.75, 3.05) is 0 Å². The van der Waals surface area contributed by atoms with E-state index in [0.29, 0.717) is 5.39 Å². The number of hydrogen-bond donors (Lipinski definition) is 1. The number of hydrogen-bond acceptors (Lipinski definition) is 0. The van der Waals surface area contributed by atoms with Gasteiger partial charge in [-0.25, -0.2) is 0 Å². The van der Waals surface area contributed by atoms with Crippen molar-refractivity contribution in [1.82, 2.24) is 4.98 Å². The quantitative estimate of drug-likeness (QED) is 0.602. The molecule has 4 heteroatoms. The lowest BCUT2D eigenvalue weighted by molar-refractivity contribution is -0.137. The summed E-state index contributed by atoms with van der Waals surface area (Å²) in [6, 6.07) is 12.0. The van der Waals surface area contributed by atoms with Gasteiger partial charge >= 0.3 is 6.18 Å². The van der Waals surface area contributed by atoms with Gasteiger partial charge in [-0.05, 0) is 42.2 Å². The number of aryl methyl sites for hydroxylation is 2. The molecule has 0 atom stereocenters. The fourth-order valence-electron chi connectivity index (χ4n) is 3.16. The summed E-state index contributed by atoms with van der Waals surface area (Å²) in [6.45, 7) is 0. The van der Waals surface area contributed by atoms with Crippen molar-refractivity contribution in [2.45, 2.75) is 19.0 Å². The SMILES string of the molecule is FC(F)(F)c1ccc2[nH]c3c(c2c1)CCc1ccccc1-3.